The number of halogens is 1. The van der Waals surface area contributed by atoms with Gasteiger partial charge in [0.25, 0.3) is 0 Å². The van der Waals surface area contributed by atoms with Crippen LogP contribution in [0.5, 0.6) is 0 Å². The molecule has 0 saturated carbocycles. The number of nitrogens with zero attached hydrogens (tertiary/aromatic N) is 1. The van der Waals surface area contributed by atoms with Gasteiger partial charge in [0.15, 0.2) is 5.01 Å². The normalized spacial score (nSPS) is 26.7. The minimum Gasteiger partial charge on any atom is -0.370 e. The maximum Gasteiger partial charge on any atom is 0.220 e. The van der Waals surface area contributed by atoms with Gasteiger partial charge >= 0.3 is 0 Å². The van der Waals surface area contributed by atoms with E-state index in [1.807, 2.05) is 12.3 Å². The van der Waals surface area contributed by atoms with Crippen molar-refractivity contribution in [1.29, 1.82) is 0 Å². The molecular formula is C9H10BrNO2S. The molecule has 1 fully saturated rings. The summed E-state index contributed by atoms with van der Waals surface area (Å²) in [5.41, 5.74) is 0. The Balaban J connectivity index is 2.15. The highest BCUT2D eigenvalue weighted by atomic mass is 79.9. The van der Waals surface area contributed by atoms with Crippen molar-refractivity contribution in [3.05, 3.63) is 15.0 Å². The molecule has 0 spiro atoms. The molecular weight excluding hydrogens is 266 g/mol. The molecule has 1 aromatic heterocycles. The lowest BCUT2D eigenvalue weighted by Crippen LogP contribution is -2.25. The molecule has 1 aliphatic heterocycles. The second-order valence-corrected chi connectivity index (χ2v) is 5.07. The van der Waals surface area contributed by atoms with E-state index in [2.05, 4.69) is 20.9 Å². The first kappa shape index (κ1) is 10.3. The molecule has 2 atom stereocenters. The van der Waals surface area contributed by atoms with Crippen LogP contribution < -0.4 is 0 Å². The summed E-state index contributed by atoms with van der Waals surface area (Å²) in [6, 6.07) is 0. The van der Waals surface area contributed by atoms with Crippen LogP contribution in [0.3, 0.4) is 0 Å². The van der Waals surface area contributed by atoms with Crippen LogP contribution in [-0.2, 0) is 4.74 Å². The highest BCUT2D eigenvalue weighted by Crippen LogP contribution is 2.25. The molecule has 2 heterocycles. The molecule has 3 nitrogen and oxygen atoms in total. The summed E-state index contributed by atoms with van der Waals surface area (Å²) in [5.74, 6) is 0.330. The average Bonchev–Trinajstić information content (AvgIpc) is 2.73. The van der Waals surface area contributed by atoms with E-state index in [1.54, 1.807) is 0 Å². The molecule has 1 saturated heterocycles. The third-order valence-electron chi connectivity index (χ3n) is 2.33. The van der Waals surface area contributed by atoms with Gasteiger partial charge in [0.2, 0.25) is 5.78 Å². The fraction of sp³-hybridized carbons (Fsp3) is 0.556. The Labute approximate surface area is 94.6 Å². The van der Waals surface area contributed by atoms with E-state index < -0.39 is 0 Å². The molecule has 14 heavy (non-hydrogen) atoms. The van der Waals surface area contributed by atoms with Gasteiger partial charge in [0, 0.05) is 12.0 Å². The van der Waals surface area contributed by atoms with Crippen LogP contribution in [0.15, 0.2) is 9.98 Å². The second kappa shape index (κ2) is 4.08. The van der Waals surface area contributed by atoms with Crippen LogP contribution >= 0.6 is 27.3 Å². The third-order valence-corrected chi connectivity index (χ3v) is 3.90. The first-order valence-electron chi connectivity index (χ1n) is 4.45. The summed E-state index contributed by atoms with van der Waals surface area (Å²) in [6.07, 6.45) is 0.677. The Kier molecular flexibility index (Phi) is 2.99. The summed E-state index contributed by atoms with van der Waals surface area (Å²) in [6.45, 7) is 2.72. The van der Waals surface area contributed by atoms with Crippen molar-refractivity contribution in [3.8, 4) is 0 Å². The van der Waals surface area contributed by atoms with E-state index in [0.717, 1.165) is 11.0 Å². The predicted octanol–water partition coefficient (Wildman–Crippen LogP) is 2.51. The Hall–Kier alpha value is -0.260. The van der Waals surface area contributed by atoms with E-state index >= 15 is 0 Å². The van der Waals surface area contributed by atoms with Crippen LogP contribution in [0.1, 0.15) is 23.1 Å². The van der Waals surface area contributed by atoms with Crippen LogP contribution in [0.2, 0.25) is 0 Å². The van der Waals surface area contributed by atoms with Gasteiger partial charge in [-0.2, -0.15) is 0 Å². The summed E-state index contributed by atoms with van der Waals surface area (Å²) in [7, 11) is 0. The van der Waals surface area contributed by atoms with Gasteiger partial charge in [0.05, 0.1) is 0 Å². The first-order valence-corrected chi connectivity index (χ1v) is 6.12. The Morgan fingerprint density at radius 2 is 2.57 bits per heavy atom. The molecule has 0 aromatic carbocycles. The SMILES string of the molecule is CC1CCOC1C(=O)c1nc(Br)cs1. The molecule has 1 aliphatic rings. The smallest absolute Gasteiger partial charge is 0.220 e. The minimum absolute atomic E-state index is 0.0192. The number of thiazole rings is 1. The van der Waals surface area contributed by atoms with Crippen LogP contribution in [-0.4, -0.2) is 23.5 Å². The quantitative estimate of drug-likeness (QED) is 0.779. The monoisotopic (exact) mass is 275 g/mol. The van der Waals surface area contributed by atoms with Crippen molar-refractivity contribution in [2.45, 2.75) is 19.4 Å². The van der Waals surface area contributed by atoms with Gasteiger partial charge in [-0.15, -0.1) is 11.3 Å². The predicted molar refractivity (Wildman–Crippen MR) is 57.7 cm³/mol. The lowest BCUT2D eigenvalue weighted by atomic mass is 10.0. The topological polar surface area (TPSA) is 39.2 Å². The van der Waals surface area contributed by atoms with Crippen molar-refractivity contribution in [2.75, 3.05) is 6.61 Å². The van der Waals surface area contributed by atoms with Crippen LogP contribution in [0.4, 0.5) is 0 Å². The second-order valence-electron chi connectivity index (χ2n) is 3.40. The fourth-order valence-corrected chi connectivity index (χ4v) is 2.74. The minimum atomic E-state index is -0.284. The molecule has 0 radical (unpaired) electrons. The lowest BCUT2D eigenvalue weighted by molar-refractivity contribution is 0.0579. The molecule has 2 rings (SSSR count). The number of ketones is 1. The lowest BCUT2D eigenvalue weighted by Gasteiger charge is -2.10. The van der Waals surface area contributed by atoms with Crippen molar-refractivity contribution in [3.63, 3.8) is 0 Å². The van der Waals surface area contributed by atoms with E-state index in [0.29, 0.717) is 17.5 Å². The summed E-state index contributed by atoms with van der Waals surface area (Å²) in [5, 5.41) is 2.35. The number of Topliss-reactive ketones (excluding diaryl/α,β-unsaturated/α-hetero) is 1. The molecule has 1 aromatic rings. The number of hydrogen-bond donors (Lipinski definition) is 0. The number of hydrogen-bond acceptors (Lipinski definition) is 4. The largest absolute Gasteiger partial charge is 0.370 e. The number of aromatic nitrogens is 1. The molecule has 0 amide bonds. The van der Waals surface area contributed by atoms with Crippen molar-refractivity contribution >= 4 is 33.0 Å². The van der Waals surface area contributed by atoms with Gasteiger partial charge in [0.1, 0.15) is 10.7 Å². The summed E-state index contributed by atoms with van der Waals surface area (Å²) >= 11 is 4.59. The molecule has 0 bridgehead atoms. The zero-order valence-electron chi connectivity index (χ0n) is 7.70. The van der Waals surface area contributed by atoms with Crippen LogP contribution in [0.25, 0.3) is 0 Å². The van der Waals surface area contributed by atoms with Gasteiger partial charge in [-0.3, -0.25) is 4.79 Å². The Bertz CT molecular complexity index is 352. The van der Waals surface area contributed by atoms with Gasteiger partial charge < -0.3 is 4.74 Å². The molecule has 5 heteroatoms. The highest BCUT2D eigenvalue weighted by molar-refractivity contribution is 9.10. The zero-order chi connectivity index (χ0) is 10.1. The van der Waals surface area contributed by atoms with E-state index in [9.17, 15) is 4.79 Å². The molecule has 2 unspecified atom stereocenters. The Morgan fingerprint density at radius 3 is 3.07 bits per heavy atom. The zero-order valence-corrected chi connectivity index (χ0v) is 10.1. The third kappa shape index (κ3) is 1.89. The van der Waals surface area contributed by atoms with Crippen molar-refractivity contribution in [1.82, 2.24) is 4.98 Å². The van der Waals surface area contributed by atoms with Gasteiger partial charge in [-0.1, -0.05) is 6.92 Å². The van der Waals surface area contributed by atoms with Crippen molar-refractivity contribution < 1.29 is 9.53 Å². The van der Waals surface area contributed by atoms with E-state index in [1.165, 1.54) is 11.3 Å². The van der Waals surface area contributed by atoms with Gasteiger partial charge in [-0.05, 0) is 28.3 Å². The molecule has 0 aliphatic carbocycles. The molecule has 76 valence electrons. The first-order chi connectivity index (χ1) is 6.68. The van der Waals surface area contributed by atoms with E-state index in [-0.39, 0.29) is 11.9 Å². The van der Waals surface area contributed by atoms with Gasteiger partial charge in [-0.25, -0.2) is 4.98 Å². The maximum absolute atomic E-state index is 11.9. The van der Waals surface area contributed by atoms with E-state index in [4.69, 9.17) is 4.74 Å². The standard InChI is InChI=1S/C9H10BrNO2S/c1-5-2-3-13-8(5)7(12)9-11-6(10)4-14-9/h4-5,8H,2-3H2,1H3. The van der Waals surface area contributed by atoms with Crippen LogP contribution in [0, 0.1) is 5.92 Å². The maximum atomic E-state index is 11.9. The number of carbonyl (C=O) groups is 1. The number of ether oxygens (including phenoxy) is 1. The molecule has 0 N–H and O–H groups in total. The highest BCUT2D eigenvalue weighted by Gasteiger charge is 2.32. The summed E-state index contributed by atoms with van der Waals surface area (Å²) in [4.78, 5) is 16.0. The number of rotatable bonds is 2. The fourth-order valence-electron chi connectivity index (χ4n) is 1.52. The number of carbonyl (C=O) groups excluding carboxylic acids is 1. The summed E-state index contributed by atoms with van der Waals surface area (Å²) < 4.78 is 6.11. The Morgan fingerprint density at radius 1 is 1.79 bits per heavy atom. The average molecular weight is 276 g/mol. The van der Waals surface area contributed by atoms with Crippen molar-refractivity contribution in [2.24, 2.45) is 5.92 Å².